The number of hydrogen-bond acceptors (Lipinski definition) is 3. The number of nitrogens with two attached hydrogens (primary N) is 1. The summed E-state index contributed by atoms with van der Waals surface area (Å²) in [5, 5.41) is 2.08. The molecule has 1 aromatic heterocycles. The summed E-state index contributed by atoms with van der Waals surface area (Å²) < 4.78 is 0. The molecule has 1 atom stereocenters. The van der Waals surface area contributed by atoms with Crippen molar-refractivity contribution in [2.75, 3.05) is 13.6 Å². The van der Waals surface area contributed by atoms with E-state index in [4.69, 9.17) is 5.73 Å². The van der Waals surface area contributed by atoms with Gasteiger partial charge in [0.1, 0.15) is 0 Å². The van der Waals surface area contributed by atoms with Crippen molar-refractivity contribution >= 4 is 17.2 Å². The molecule has 0 fully saturated rings. The zero-order chi connectivity index (χ0) is 13.5. The van der Waals surface area contributed by atoms with Gasteiger partial charge in [-0.1, -0.05) is 6.92 Å². The van der Waals surface area contributed by atoms with E-state index in [1.165, 1.54) is 10.4 Å². The Labute approximate surface area is 114 Å². The molecule has 102 valence electrons. The molecule has 0 spiro atoms. The molecule has 1 rings (SSSR count). The molecule has 0 aromatic carbocycles. The second-order valence-corrected chi connectivity index (χ2v) is 6.00. The molecule has 1 heterocycles. The standard InChI is InChI=1S/C14H24N2OS/c1-11(6-8-15)4-5-14(17)16(3)10-13-12(2)7-9-18-13/h7,9,11H,4-6,8,10,15H2,1-3H3. The van der Waals surface area contributed by atoms with Crippen LogP contribution in [0, 0.1) is 12.8 Å². The van der Waals surface area contributed by atoms with Gasteiger partial charge >= 0.3 is 0 Å². The summed E-state index contributed by atoms with van der Waals surface area (Å²) in [5.74, 6) is 0.766. The maximum Gasteiger partial charge on any atom is 0.222 e. The lowest BCUT2D eigenvalue weighted by molar-refractivity contribution is -0.130. The van der Waals surface area contributed by atoms with E-state index in [1.54, 1.807) is 11.3 Å². The molecule has 0 aliphatic carbocycles. The Bertz CT molecular complexity index is 376. The highest BCUT2D eigenvalue weighted by molar-refractivity contribution is 7.10. The summed E-state index contributed by atoms with van der Waals surface area (Å²) in [6.07, 6.45) is 2.56. The van der Waals surface area contributed by atoms with Crippen molar-refractivity contribution in [3.05, 3.63) is 21.9 Å². The van der Waals surface area contributed by atoms with Crippen LogP contribution in [0.3, 0.4) is 0 Å². The Balaban J connectivity index is 2.35. The maximum absolute atomic E-state index is 12.0. The number of nitrogens with zero attached hydrogens (tertiary/aromatic N) is 1. The quantitative estimate of drug-likeness (QED) is 0.826. The number of carbonyl (C=O) groups excluding carboxylic acids is 1. The number of rotatable bonds is 7. The zero-order valence-electron chi connectivity index (χ0n) is 11.6. The fourth-order valence-electron chi connectivity index (χ4n) is 1.86. The molecule has 2 N–H and O–H groups in total. The largest absolute Gasteiger partial charge is 0.341 e. The Morgan fingerprint density at radius 3 is 2.78 bits per heavy atom. The van der Waals surface area contributed by atoms with E-state index in [2.05, 4.69) is 25.3 Å². The van der Waals surface area contributed by atoms with Crippen molar-refractivity contribution < 1.29 is 4.79 Å². The van der Waals surface area contributed by atoms with E-state index in [-0.39, 0.29) is 5.91 Å². The van der Waals surface area contributed by atoms with E-state index in [0.29, 0.717) is 18.9 Å². The summed E-state index contributed by atoms with van der Waals surface area (Å²) in [5.41, 5.74) is 6.78. The SMILES string of the molecule is Cc1ccsc1CN(C)C(=O)CCC(C)CCN. The highest BCUT2D eigenvalue weighted by Crippen LogP contribution is 2.18. The molecule has 0 radical (unpaired) electrons. The van der Waals surface area contributed by atoms with Crippen LogP contribution in [0.15, 0.2) is 11.4 Å². The van der Waals surface area contributed by atoms with Gasteiger partial charge in [-0.3, -0.25) is 4.79 Å². The molecule has 18 heavy (non-hydrogen) atoms. The van der Waals surface area contributed by atoms with Crippen LogP contribution in [0.1, 0.15) is 36.6 Å². The number of carbonyl (C=O) groups is 1. The molecular weight excluding hydrogens is 244 g/mol. The number of amides is 1. The minimum atomic E-state index is 0.228. The van der Waals surface area contributed by atoms with Crippen molar-refractivity contribution in [1.82, 2.24) is 4.90 Å². The fraction of sp³-hybridized carbons (Fsp3) is 0.643. The third kappa shape index (κ3) is 4.78. The molecule has 0 bridgehead atoms. The molecule has 0 saturated heterocycles. The molecule has 4 heteroatoms. The smallest absolute Gasteiger partial charge is 0.222 e. The van der Waals surface area contributed by atoms with Crippen LogP contribution in [0.2, 0.25) is 0 Å². The third-order valence-corrected chi connectivity index (χ3v) is 4.29. The lowest BCUT2D eigenvalue weighted by atomic mass is 10.0. The third-order valence-electron chi connectivity index (χ3n) is 3.29. The summed E-state index contributed by atoms with van der Waals surface area (Å²) in [6, 6.07) is 2.10. The van der Waals surface area contributed by atoms with Crippen LogP contribution >= 0.6 is 11.3 Å². The predicted molar refractivity (Wildman–Crippen MR) is 77.6 cm³/mol. The highest BCUT2D eigenvalue weighted by atomic mass is 32.1. The van der Waals surface area contributed by atoms with Gasteiger partial charge in [-0.2, -0.15) is 0 Å². The first-order chi connectivity index (χ1) is 8.54. The van der Waals surface area contributed by atoms with E-state index in [0.717, 1.165) is 19.4 Å². The average Bonchev–Trinajstić information content (AvgIpc) is 2.72. The van der Waals surface area contributed by atoms with Crippen LogP contribution < -0.4 is 5.73 Å². The Morgan fingerprint density at radius 1 is 1.50 bits per heavy atom. The summed E-state index contributed by atoms with van der Waals surface area (Å²) in [6.45, 7) is 5.68. The van der Waals surface area contributed by atoms with E-state index >= 15 is 0 Å². The van der Waals surface area contributed by atoms with Gasteiger partial charge in [-0.15, -0.1) is 11.3 Å². The van der Waals surface area contributed by atoms with Crippen LogP contribution in [-0.4, -0.2) is 24.4 Å². The van der Waals surface area contributed by atoms with Gasteiger partial charge in [0.15, 0.2) is 0 Å². The van der Waals surface area contributed by atoms with Crippen molar-refractivity contribution in [2.45, 2.75) is 39.7 Å². The van der Waals surface area contributed by atoms with Gasteiger partial charge in [0.2, 0.25) is 5.91 Å². The average molecular weight is 268 g/mol. The van der Waals surface area contributed by atoms with Crippen molar-refractivity contribution in [3.8, 4) is 0 Å². The molecule has 0 saturated carbocycles. The van der Waals surface area contributed by atoms with Gasteiger partial charge in [0.25, 0.3) is 0 Å². The number of aryl methyl sites for hydroxylation is 1. The van der Waals surface area contributed by atoms with Crippen LogP contribution in [0.25, 0.3) is 0 Å². The monoisotopic (exact) mass is 268 g/mol. The summed E-state index contributed by atoms with van der Waals surface area (Å²) >= 11 is 1.72. The number of hydrogen-bond donors (Lipinski definition) is 1. The van der Waals surface area contributed by atoms with Gasteiger partial charge < -0.3 is 10.6 Å². The molecule has 0 aliphatic rings. The van der Waals surface area contributed by atoms with Crippen LogP contribution in [0.4, 0.5) is 0 Å². The molecule has 3 nitrogen and oxygen atoms in total. The van der Waals surface area contributed by atoms with Crippen molar-refractivity contribution in [3.63, 3.8) is 0 Å². The summed E-state index contributed by atoms with van der Waals surface area (Å²) in [4.78, 5) is 15.1. The zero-order valence-corrected chi connectivity index (χ0v) is 12.4. The highest BCUT2D eigenvalue weighted by Gasteiger charge is 2.12. The first-order valence-electron chi connectivity index (χ1n) is 6.51. The minimum Gasteiger partial charge on any atom is -0.341 e. The molecule has 1 aromatic rings. The molecular formula is C14H24N2OS. The Hall–Kier alpha value is -0.870. The van der Waals surface area contributed by atoms with Crippen molar-refractivity contribution in [2.24, 2.45) is 11.7 Å². The second kappa shape index (κ2) is 7.54. The predicted octanol–water partition coefficient (Wildman–Crippen LogP) is 2.78. The van der Waals surface area contributed by atoms with Gasteiger partial charge in [-0.05, 0) is 49.2 Å². The van der Waals surface area contributed by atoms with E-state index in [9.17, 15) is 4.79 Å². The van der Waals surface area contributed by atoms with E-state index in [1.807, 2.05) is 11.9 Å². The van der Waals surface area contributed by atoms with Crippen LogP contribution in [0.5, 0.6) is 0 Å². The minimum absolute atomic E-state index is 0.228. The van der Waals surface area contributed by atoms with Crippen LogP contribution in [-0.2, 0) is 11.3 Å². The second-order valence-electron chi connectivity index (χ2n) is 5.00. The fourth-order valence-corrected chi connectivity index (χ4v) is 2.82. The first kappa shape index (κ1) is 15.2. The Kier molecular flexibility index (Phi) is 6.36. The van der Waals surface area contributed by atoms with Gasteiger partial charge in [-0.25, -0.2) is 0 Å². The molecule has 1 amide bonds. The lowest BCUT2D eigenvalue weighted by Crippen LogP contribution is -2.26. The normalized spacial score (nSPS) is 12.4. The lowest BCUT2D eigenvalue weighted by Gasteiger charge is -2.18. The first-order valence-corrected chi connectivity index (χ1v) is 7.39. The summed E-state index contributed by atoms with van der Waals surface area (Å²) in [7, 11) is 1.88. The van der Waals surface area contributed by atoms with E-state index < -0.39 is 0 Å². The van der Waals surface area contributed by atoms with Crippen molar-refractivity contribution in [1.29, 1.82) is 0 Å². The van der Waals surface area contributed by atoms with Gasteiger partial charge in [0, 0.05) is 18.3 Å². The number of thiophene rings is 1. The molecule has 1 unspecified atom stereocenters. The topological polar surface area (TPSA) is 46.3 Å². The van der Waals surface area contributed by atoms with Gasteiger partial charge in [0.05, 0.1) is 6.54 Å². The maximum atomic E-state index is 12.0. The molecule has 0 aliphatic heterocycles. The Morgan fingerprint density at radius 2 is 2.22 bits per heavy atom.